The van der Waals surface area contributed by atoms with Crippen molar-refractivity contribution >= 4 is 15.8 Å². The number of esters is 1. The summed E-state index contributed by atoms with van der Waals surface area (Å²) in [7, 11) is -2.37. The molecule has 1 heterocycles. The van der Waals surface area contributed by atoms with E-state index in [1.165, 1.54) is 7.11 Å². The second-order valence-corrected chi connectivity index (χ2v) is 11.7. The van der Waals surface area contributed by atoms with Gasteiger partial charge < -0.3 is 9.84 Å². The van der Waals surface area contributed by atoms with Crippen molar-refractivity contribution < 1.29 is 23.1 Å². The lowest BCUT2D eigenvalue weighted by atomic mass is 9.57. The zero-order chi connectivity index (χ0) is 26.0. The maximum atomic E-state index is 13.9. The molecule has 1 aliphatic heterocycles. The van der Waals surface area contributed by atoms with E-state index in [1.54, 1.807) is 24.3 Å². The molecule has 36 heavy (non-hydrogen) atoms. The number of ether oxygens (including phenoxy) is 1. The molecule has 3 atom stereocenters. The highest BCUT2D eigenvalue weighted by molar-refractivity contribution is 7.91. The van der Waals surface area contributed by atoms with Gasteiger partial charge in [0, 0.05) is 5.41 Å². The SMILES string of the molecule is CCCCC1(CC)CS(=O)(=O)c2ccccc2C(c2ccccc2)(c2ccc(C(=O)OC)cc2)C1O. The first-order valence-corrected chi connectivity index (χ1v) is 14.2. The second kappa shape index (κ2) is 10.2. The number of sulfone groups is 1. The summed E-state index contributed by atoms with van der Waals surface area (Å²) in [4.78, 5) is 12.4. The number of hydrogen-bond donors (Lipinski definition) is 1. The van der Waals surface area contributed by atoms with E-state index in [0.29, 0.717) is 24.0 Å². The fourth-order valence-corrected chi connectivity index (χ4v) is 8.17. The highest BCUT2D eigenvalue weighted by Crippen LogP contribution is 2.55. The minimum Gasteiger partial charge on any atom is -0.465 e. The van der Waals surface area contributed by atoms with Crippen LogP contribution >= 0.6 is 0 Å². The van der Waals surface area contributed by atoms with Gasteiger partial charge in [-0.2, -0.15) is 0 Å². The average molecular weight is 507 g/mol. The van der Waals surface area contributed by atoms with E-state index in [9.17, 15) is 18.3 Å². The maximum Gasteiger partial charge on any atom is 0.337 e. The number of methoxy groups -OCH3 is 1. The largest absolute Gasteiger partial charge is 0.465 e. The Bertz CT molecular complexity index is 1320. The zero-order valence-corrected chi connectivity index (χ0v) is 21.9. The molecule has 0 spiro atoms. The Kier molecular flexibility index (Phi) is 7.39. The van der Waals surface area contributed by atoms with Crippen LogP contribution in [0.2, 0.25) is 0 Å². The molecule has 3 unspecified atom stereocenters. The van der Waals surface area contributed by atoms with Gasteiger partial charge in [-0.1, -0.05) is 87.4 Å². The van der Waals surface area contributed by atoms with E-state index in [1.807, 2.05) is 61.5 Å². The Hall–Kier alpha value is -2.96. The molecule has 3 aromatic carbocycles. The van der Waals surface area contributed by atoms with Gasteiger partial charge in [0.2, 0.25) is 0 Å². The lowest BCUT2D eigenvalue weighted by Gasteiger charge is -2.47. The molecule has 3 aromatic rings. The van der Waals surface area contributed by atoms with Crippen LogP contribution in [0.5, 0.6) is 0 Å². The minimum absolute atomic E-state index is 0.122. The molecule has 6 heteroatoms. The summed E-state index contributed by atoms with van der Waals surface area (Å²) in [6.07, 6.45) is 1.77. The molecule has 0 fully saturated rings. The lowest BCUT2D eigenvalue weighted by molar-refractivity contribution is -0.00662. The van der Waals surface area contributed by atoms with Crippen LogP contribution in [-0.2, 0) is 20.0 Å². The Morgan fingerprint density at radius 1 is 0.944 bits per heavy atom. The number of carbonyl (C=O) groups excluding carboxylic acids is 1. The number of carbonyl (C=O) groups is 1. The van der Waals surface area contributed by atoms with Crippen LogP contribution in [0.15, 0.2) is 83.8 Å². The van der Waals surface area contributed by atoms with Gasteiger partial charge in [-0.3, -0.25) is 0 Å². The van der Waals surface area contributed by atoms with E-state index in [4.69, 9.17) is 4.74 Å². The Labute approximate surface area is 214 Å². The molecule has 0 radical (unpaired) electrons. The lowest BCUT2D eigenvalue weighted by Crippen LogP contribution is -2.52. The molecule has 0 amide bonds. The number of aliphatic hydroxyl groups excluding tert-OH is 1. The van der Waals surface area contributed by atoms with Gasteiger partial charge in [0.15, 0.2) is 9.84 Å². The molecule has 1 N–H and O–H groups in total. The monoisotopic (exact) mass is 506 g/mol. The average Bonchev–Trinajstić information content (AvgIpc) is 2.98. The van der Waals surface area contributed by atoms with Crippen LogP contribution in [0.4, 0.5) is 0 Å². The van der Waals surface area contributed by atoms with Crippen LogP contribution in [0.1, 0.15) is 66.6 Å². The summed E-state index contributed by atoms with van der Waals surface area (Å²) in [6.45, 7) is 4.05. The molecule has 190 valence electrons. The van der Waals surface area contributed by atoms with Crippen molar-refractivity contribution in [2.75, 3.05) is 12.9 Å². The molecule has 0 bridgehead atoms. The molecule has 4 rings (SSSR count). The first-order valence-electron chi connectivity index (χ1n) is 12.5. The number of aliphatic hydroxyl groups is 1. The third kappa shape index (κ3) is 4.16. The fourth-order valence-electron chi connectivity index (χ4n) is 5.90. The number of unbranched alkanes of at least 4 members (excludes halogenated alkanes) is 1. The summed E-state index contributed by atoms with van der Waals surface area (Å²) >= 11 is 0. The van der Waals surface area contributed by atoms with Crippen LogP contribution in [0, 0.1) is 5.41 Å². The fraction of sp³-hybridized carbons (Fsp3) is 0.367. The summed E-state index contributed by atoms with van der Waals surface area (Å²) in [6, 6.07) is 23.7. The van der Waals surface area contributed by atoms with Crippen LogP contribution in [0.3, 0.4) is 0 Å². The molecular formula is C30H34O5S. The third-order valence-electron chi connectivity index (χ3n) is 7.84. The van der Waals surface area contributed by atoms with Gasteiger partial charge in [-0.15, -0.1) is 0 Å². The van der Waals surface area contributed by atoms with Crippen LogP contribution < -0.4 is 0 Å². The predicted molar refractivity (Wildman–Crippen MR) is 141 cm³/mol. The van der Waals surface area contributed by atoms with Gasteiger partial charge in [-0.05, 0) is 47.7 Å². The second-order valence-electron chi connectivity index (χ2n) is 9.72. The Balaban J connectivity index is 2.14. The topological polar surface area (TPSA) is 80.7 Å². The van der Waals surface area contributed by atoms with Crippen molar-refractivity contribution in [1.29, 1.82) is 0 Å². The van der Waals surface area contributed by atoms with Crippen molar-refractivity contribution in [2.45, 2.75) is 55.9 Å². The number of hydrogen-bond acceptors (Lipinski definition) is 5. The minimum atomic E-state index is -3.71. The summed E-state index contributed by atoms with van der Waals surface area (Å²) < 4.78 is 32.8. The molecular weight excluding hydrogens is 472 g/mol. The van der Waals surface area contributed by atoms with E-state index >= 15 is 0 Å². The molecule has 0 saturated heterocycles. The molecule has 0 aliphatic carbocycles. The number of benzene rings is 3. The first kappa shape index (κ1) is 26.1. The van der Waals surface area contributed by atoms with Gasteiger partial charge in [0.25, 0.3) is 0 Å². The van der Waals surface area contributed by atoms with Crippen LogP contribution in [0.25, 0.3) is 0 Å². The maximum absolute atomic E-state index is 13.9. The highest BCUT2D eigenvalue weighted by atomic mass is 32.2. The van der Waals surface area contributed by atoms with Gasteiger partial charge in [0.05, 0.1) is 34.8 Å². The van der Waals surface area contributed by atoms with Crippen molar-refractivity contribution in [2.24, 2.45) is 5.41 Å². The van der Waals surface area contributed by atoms with Crippen LogP contribution in [-0.4, -0.2) is 38.5 Å². The standard InChI is InChI=1S/C30H34O5S/c1-4-6-20-29(5-2)21-36(33,34)26-15-11-10-14-25(26)30(28(29)32,23-12-8-7-9-13-23)24-18-16-22(17-19-24)27(31)35-3/h7-19,28,32H,4-6,20-21H2,1-3H3. The Morgan fingerprint density at radius 3 is 2.17 bits per heavy atom. The summed E-state index contributed by atoms with van der Waals surface area (Å²) in [5.41, 5.74) is 0.447. The van der Waals surface area contributed by atoms with E-state index in [0.717, 1.165) is 24.0 Å². The number of rotatable bonds is 7. The van der Waals surface area contributed by atoms with E-state index in [-0.39, 0.29) is 10.6 Å². The molecule has 1 aliphatic rings. The van der Waals surface area contributed by atoms with Gasteiger partial charge in [0.1, 0.15) is 0 Å². The quantitative estimate of drug-likeness (QED) is 0.426. The predicted octanol–water partition coefficient (Wildman–Crippen LogP) is 5.54. The van der Waals surface area contributed by atoms with Crippen molar-refractivity contribution in [3.05, 3.63) is 101 Å². The Morgan fingerprint density at radius 2 is 1.56 bits per heavy atom. The summed E-state index contributed by atoms with van der Waals surface area (Å²) in [5.74, 6) is -0.575. The third-order valence-corrected chi connectivity index (χ3v) is 9.82. The van der Waals surface area contributed by atoms with Crippen molar-refractivity contribution in [1.82, 2.24) is 0 Å². The smallest absolute Gasteiger partial charge is 0.337 e. The highest BCUT2D eigenvalue weighted by Gasteiger charge is 2.57. The normalized spacial score (nSPS) is 24.9. The molecule has 5 nitrogen and oxygen atoms in total. The first-order chi connectivity index (χ1) is 17.3. The molecule has 0 saturated carbocycles. The van der Waals surface area contributed by atoms with Crippen molar-refractivity contribution in [3.63, 3.8) is 0 Å². The zero-order valence-electron chi connectivity index (χ0n) is 21.1. The number of fused-ring (bicyclic) bond motifs is 1. The van der Waals surface area contributed by atoms with Crippen molar-refractivity contribution in [3.8, 4) is 0 Å². The summed E-state index contributed by atoms with van der Waals surface area (Å²) in [5, 5.41) is 12.6. The van der Waals surface area contributed by atoms with Gasteiger partial charge >= 0.3 is 5.97 Å². The van der Waals surface area contributed by atoms with Gasteiger partial charge in [-0.25, -0.2) is 13.2 Å². The van der Waals surface area contributed by atoms with E-state index < -0.39 is 32.7 Å². The molecule has 0 aromatic heterocycles. The van der Waals surface area contributed by atoms with E-state index in [2.05, 4.69) is 6.92 Å².